The molecule has 0 radical (unpaired) electrons. The number of nitrogens with one attached hydrogen (secondary N) is 1. The van der Waals surface area contributed by atoms with Crippen LogP contribution in [0.1, 0.15) is 5.56 Å². The fourth-order valence-electron chi connectivity index (χ4n) is 1.50. The minimum atomic E-state index is -4.62. The molecule has 0 bridgehead atoms. The van der Waals surface area contributed by atoms with E-state index >= 15 is 0 Å². The number of rotatable bonds is 3. The standard InChI is InChI=1S/C12H7Cl2F3N2O2S/c13-9-3-1-7(12(15,16)17)5-10(9)19-22(20,21)8-2-4-11(14)18-6-8/h1-6,19H. The second-order valence-corrected chi connectivity index (χ2v) is 6.59. The van der Waals surface area contributed by atoms with Crippen molar-refractivity contribution in [1.82, 2.24) is 4.98 Å². The van der Waals surface area contributed by atoms with Gasteiger partial charge >= 0.3 is 6.18 Å². The molecule has 0 aliphatic rings. The lowest BCUT2D eigenvalue weighted by molar-refractivity contribution is -0.137. The summed E-state index contributed by atoms with van der Waals surface area (Å²) in [6, 6.07) is 4.73. The zero-order valence-electron chi connectivity index (χ0n) is 10.5. The molecule has 118 valence electrons. The van der Waals surface area contributed by atoms with Crippen LogP contribution in [-0.4, -0.2) is 13.4 Å². The number of alkyl halides is 3. The van der Waals surface area contributed by atoms with Crippen molar-refractivity contribution in [1.29, 1.82) is 0 Å². The van der Waals surface area contributed by atoms with E-state index in [2.05, 4.69) is 4.98 Å². The highest BCUT2D eigenvalue weighted by Crippen LogP contribution is 2.34. The molecule has 2 aromatic rings. The molecule has 1 aromatic heterocycles. The van der Waals surface area contributed by atoms with Crippen LogP contribution in [0.5, 0.6) is 0 Å². The monoisotopic (exact) mass is 370 g/mol. The van der Waals surface area contributed by atoms with Crippen LogP contribution in [-0.2, 0) is 16.2 Å². The summed E-state index contributed by atoms with van der Waals surface area (Å²) in [5.41, 5.74) is -1.41. The molecule has 0 aliphatic carbocycles. The number of anilines is 1. The number of hydrogen-bond acceptors (Lipinski definition) is 3. The zero-order chi connectivity index (χ0) is 16.5. The Labute approximate surface area is 133 Å². The van der Waals surface area contributed by atoms with Crippen molar-refractivity contribution in [2.24, 2.45) is 0 Å². The van der Waals surface area contributed by atoms with Crippen LogP contribution in [0.3, 0.4) is 0 Å². The number of nitrogens with zero attached hydrogens (tertiary/aromatic N) is 1. The Morgan fingerprint density at radius 3 is 2.32 bits per heavy atom. The quantitative estimate of drug-likeness (QED) is 0.823. The van der Waals surface area contributed by atoms with Crippen molar-refractivity contribution in [3.05, 3.63) is 52.3 Å². The smallest absolute Gasteiger partial charge is 0.278 e. The van der Waals surface area contributed by atoms with Crippen LogP contribution in [0.25, 0.3) is 0 Å². The predicted molar refractivity (Wildman–Crippen MR) is 76.5 cm³/mol. The highest BCUT2D eigenvalue weighted by molar-refractivity contribution is 7.92. The SMILES string of the molecule is O=S(=O)(Nc1cc(C(F)(F)F)ccc1Cl)c1ccc(Cl)nc1. The van der Waals surface area contributed by atoms with Crippen molar-refractivity contribution in [3.63, 3.8) is 0 Å². The lowest BCUT2D eigenvalue weighted by atomic mass is 10.2. The van der Waals surface area contributed by atoms with Gasteiger partial charge in [0.15, 0.2) is 0 Å². The summed E-state index contributed by atoms with van der Waals surface area (Å²) < 4.78 is 64.1. The number of aromatic nitrogens is 1. The summed E-state index contributed by atoms with van der Waals surface area (Å²) >= 11 is 11.3. The molecular weight excluding hydrogens is 364 g/mol. The van der Waals surface area contributed by atoms with Crippen LogP contribution in [0.15, 0.2) is 41.4 Å². The van der Waals surface area contributed by atoms with E-state index in [9.17, 15) is 21.6 Å². The molecule has 1 N–H and O–H groups in total. The summed E-state index contributed by atoms with van der Waals surface area (Å²) in [4.78, 5) is 3.34. The van der Waals surface area contributed by atoms with E-state index in [1.165, 1.54) is 12.1 Å². The second-order valence-electron chi connectivity index (χ2n) is 4.11. The van der Waals surface area contributed by atoms with E-state index in [4.69, 9.17) is 23.2 Å². The summed E-state index contributed by atoms with van der Waals surface area (Å²) in [5.74, 6) is 0. The second kappa shape index (κ2) is 5.94. The fraction of sp³-hybridized carbons (Fsp3) is 0.0833. The van der Waals surface area contributed by atoms with Gasteiger partial charge in [-0.2, -0.15) is 13.2 Å². The normalized spacial score (nSPS) is 12.2. The zero-order valence-corrected chi connectivity index (χ0v) is 12.9. The van der Waals surface area contributed by atoms with Crippen LogP contribution >= 0.6 is 23.2 Å². The summed E-state index contributed by atoms with van der Waals surface area (Å²) in [6.45, 7) is 0. The van der Waals surface area contributed by atoms with Gasteiger partial charge in [-0.05, 0) is 30.3 Å². The average Bonchev–Trinajstić information content (AvgIpc) is 2.40. The Kier molecular flexibility index (Phi) is 4.55. The van der Waals surface area contributed by atoms with Crippen LogP contribution in [0, 0.1) is 0 Å². The van der Waals surface area contributed by atoms with Crippen molar-refractivity contribution >= 4 is 38.9 Å². The first-order valence-corrected chi connectivity index (χ1v) is 7.84. The van der Waals surface area contributed by atoms with Gasteiger partial charge < -0.3 is 0 Å². The maximum atomic E-state index is 12.7. The molecule has 0 spiro atoms. The molecule has 0 amide bonds. The van der Waals surface area contributed by atoms with Gasteiger partial charge in [0.2, 0.25) is 0 Å². The maximum Gasteiger partial charge on any atom is 0.416 e. The number of benzene rings is 1. The Bertz CT molecular complexity index is 793. The fourth-order valence-corrected chi connectivity index (χ4v) is 2.85. The Morgan fingerprint density at radius 1 is 1.09 bits per heavy atom. The van der Waals surface area contributed by atoms with Gasteiger partial charge in [-0.3, -0.25) is 4.72 Å². The molecule has 2 rings (SSSR count). The lowest BCUT2D eigenvalue weighted by Crippen LogP contribution is -2.14. The largest absolute Gasteiger partial charge is 0.416 e. The Morgan fingerprint density at radius 2 is 1.77 bits per heavy atom. The van der Waals surface area contributed by atoms with Crippen molar-refractivity contribution in [2.45, 2.75) is 11.1 Å². The number of sulfonamides is 1. The van der Waals surface area contributed by atoms with Gasteiger partial charge in [-0.15, -0.1) is 0 Å². The van der Waals surface area contributed by atoms with E-state index in [-0.39, 0.29) is 20.8 Å². The predicted octanol–water partition coefficient (Wildman–Crippen LogP) is 4.21. The third-order valence-electron chi connectivity index (χ3n) is 2.55. The van der Waals surface area contributed by atoms with Gasteiger partial charge in [-0.25, -0.2) is 13.4 Å². The minimum absolute atomic E-state index is 0.0797. The molecule has 0 unspecified atom stereocenters. The third-order valence-corrected chi connectivity index (χ3v) is 4.45. The highest BCUT2D eigenvalue weighted by atomic mass is 35.5. The van der Waals surface area contributed by atoms with E-state index in [0.717, 1.165) is 18.3 Å². The molecule has 22 heavy (non-hydrogen) atoms. The first-order valence-electron chi connectivity index (χ1n) is 5.61. The first-order chi connectivity index (χ1) is 10.1. The Hall–Kier alpha value is -1.51. The van der Waals surface area contributed by atoms with Gasteiger partial charge in [0.1, 0.15) is 10.0 Å². The molecular formula is C12H7Cl2F3N2O2S. The molecule has 0 fully saturated rings. The number of hydrogen-bond donors (Lipinski definition) is 1. The molecule has 0 atom stereocenters. The Balaban J connectivity index is 2.39. The maximum absolute atomic E-state index is 12.7. The molecule has 1 aromatic carbocycles. The average molecular weight is 371 g/mol. The van der Waals surface area contributed by atoms with Crippen LogP contribution in [0.2, 0.25) is 10.2 Å². The minimum Gasteiger partial charge on any atom is -0.278 e. The summed E-state index contributed by atoms with van der Waals surface area (Å²) in [5, 5.41) is -0.0884. The molecule has 0 aliphatic heterocycles. The molecule has 1 heterocycles. The lowest BCUT2D eigenvalue weighted by Gasteiger charge is -2.12. The number of halogens is 5. The number of pyridine rings is 1. The summed E-state index contributed by atoms with van der Waals surface area (Å²) in [6.07, 6.45) is -3.64. The topological polar surface area (TPSA) is 59.1 Å². The van der Waals surface area contributed by atoms with Gasteiger partial charge in [-0.1, -0.05) is 23.2 Å². The first kappa shape index (κ1) is 16.9. The van der Waals surface area contributed by atoms with Crippen molar-refractivity contribution in [2.75, 3.05) is 4.72 Å². The molecule has 10 heteroatoms. The molecule has 0 saturated heterocycles. The van der Waals surface area contributed by atoms with Gasteiger partial charge in [0.05, 0.1) is 16.3 Å². The van der Waals surface area contributed by atoms with E-state index < -0.39 is 21.8 Å². The third kappa shape index (κ3) is 3.82. The molecule has 0 saturated carbocycles. The van der Waals surface area contributed by atoms with Crippen molar-refractivity contribution < 1.29 is 21.6 Å². The van der Waals surface area contributed by atoms with E-state index in [1.807, 2.05) is 4.72 Å². The van der Waals surface area contributed by atoms with Gasteiger partial charge in [0, 0.05) is 6.20 Å². The van der Waals surface area contributed by atoms with Crippen LogP contribution in [0.4, 0.5) is 18.9 Å². The van der Waals surface area contributed by atoms with Crippen molar-refractivity contribution in [3.8, 4) is 0 Å². The highest BCUT2D eigenvalue weighted by Gasteiger charge is 2.31. The van der Waals surface area contributed by atoms with E-state index in [1.54, 1.807) is 0 Å². The summed E-state index contributed by atoms with van der Waals surface area (Å²) in [7, 11) is -4.14. The molecule has 4 nitrogen and oxygen atoms in total. The van der Waals surface area contributed by atoms with Crippen LogP contribution < -0.4 is 4.72 Å². The van der Waals surface area contributed by atoms with Gasteiger partial charge in [0.25, 0.3) is 10.0 Å². The van der Waals surface area contributed by atoms with E-state index in [0.29, 0.717) is 6.07 Å².